The molecule has 5 heteroatoms. The molecule has 1 atom stereocenters. The lowest BCUT2D eigenvalue weighted by molar-refractivity contribution is -0.305. The average Bonchev–Trinajstić information content (AvgIpc) is 2.88. The highest BCUT2D eigenvalue weighted by molar-refractivity contribution is 6.31. The van der Waals surface area contributed by atoms with Crippen LogP contribution < -0.4 is 5.11 Å². The van der Waals surface area contributed by atoms with Crippen LogP contribution in [0.3, 0.4) is 0 Å². The van der Waals surface area contributed by atoms with Crippen molar-refractivity contribution in [2.75, 3.05) is 0 Å². The summed E-state index contributed by atoms with van der Waals surface area (Å²) in [6.07, 6.45) is 1.39. The quantitative estimate of drug-likeness (QED) is 0.803. The molecule has 3 aromatic rings. The Bertz CT molecular complexity index is 844. The molecule has 0 radical (unpaired) electrons. The number of carboxylic acids is 1. The van der Waals surface area contributed by atoms with Gasteiger partial charge in [0.25, 0.3) is 0 Å². The van der Waals surface area contributed by atoms with Gasteiger partial charge >= 0.3 is 0 Å². The molecule has 1 heterocycles. The van der Waals surface area contributed by atoms with Gasteiger partial charge in [-0.3, -0.25) is 0 Å². The van der Waals surface area contributed by atoms with Crippen molar-refractivity contribution < 1.29 is 14.3 Å². The predicted molar refractivity (Wildman–Crippen MR) is 81.2 cm³/mol. The highest BCUT2D eigenvalue weighted by atomic mass is 35.5. The number of aliphatic carboxylic acids is 1. The molecule has 0 aliphatic heterocycles. The first-order chi connectivity index (χ1) is 10.6. The molecule has 112 valence electrons. The molecule has 22 heavy (non-hydrogen) atoms. The van der Waals surface area contributed by atoms with Crippen LogP contribution in [0.5, 0.6) is 0 Å². The highest BCUT2D eigenvalue weighted by Crippen LogP contribution is 2.35. The first kappa shape index (κ1) is 14.6. The van der Waals surface area contributed by atoms with Gasteiger partial charge in [-0.25, -0.2) is 4.39 Å². The number of rotatable bonds is 4. The van der Waals surface area contributed by atoms with E-state index in [4.69, 9.17) is 11.6 Å². The Morgan fingerprint density at radius 1 is 1.23 bits per heavy atom. The summed E-state index contributed by atoms with van der Waals surface area (Å²) in [7, 11) is 0. The summed E-state index contributed by atoms with van der Waals surface area (Å²) in [6.45, 7) is 0. The molecule has 0 saturated heterocycles. The van der Waals surface area contributed by atoms with Crippen LogP contribution in [-0.2, 0) is 4.79 Å². The number of hydrogen-bond donors (Lipinski definition) is 1. The third-order valence-electron chi connectivity index (χ3n) is 3.70. The van der Waals surface area contributed by atoms with Crippen molar-refractivity contribution in [1.82, 2.24) is 4.98 Å². The molecular formula is C17H12ClFNO2-. The van der Waals surface area contributed by atoms with Gasteiger partial charge in [-0.1, -0.05) is 29.8 Å². The lowest BCUT2D eigenvalue weighted by Gasteiger charge is -2.18. The number of carbonyl (C=O) groups excluding carboxylic acids is 1. The zero-order valence-corrected chi connectivity index (χ0v) is 12.2. The Morgan fingerprint density at radius 2 is 2.00 bits per heavy atom. The molecule has 0 aliphatic rings. The molecule has 0 fully saturated rings. The fourth-order valence-corrected chi connectivity index (χ4v) is 2.89. The molecule has 0 unspecified atom stereocenters. The molecule has 2 aromatic carbocycles. The summed E-state index contributed by atoms with van der Waals surface area (Å²) >= 11 is 6.02. The maximum absolute atomic E-state index is 14.1. The van der Waals surface area contributed by atoms with E-state index in [9.17, 15) is 14.3 Å². The van der Waals surface area contributed by atoms with E-state index < -0.39 is 17.7 Å². The number of nitrogens with one attached hydrogen (secondary N) is 1. The van der Waals surface area contributed by atoms with E-state index in [0.717, 1.165) is 10.9 Å². The van der Waals surface area contributed by atoms with E-state index in [-0.39, 0.29) is 6.42 Å². The summed E-state index contributed by atoms with van der Waals surface area (Å²) in [4.78, 5) is 14.2. The average molecular weight is 317 g/mol. The third-order valence-corrected chi connectivity index (χ3v) is 3.94. The number of carbonyl (C=O) groups is 1. The fraction of sp³-hybridized carbons (Fsp3) is 0.118. The van der Waals surface area contributed by atoms with Gasteiger partial charge in [0.15, 0.2) is 0 Å². The maximum atomic E-state index is 14.1. The van der Waals surface area contributed by atoms with Gasteiger partial charge in [0.05, 0.1) is 0 Å². The van der Waals surface area contributed by atoms with Crippen LogP contribution >= 0.6 is 11.6 Å². The molecule has 0 aliphatic carbocycles. The van der Waals surface area contributed by atoms with Crippen molar-refractivity contribution >= 4 is 28.5 Å². The Hall–Kier alpha value is -2.33. The minimum atomic E-state index is -1.23. The third kappa shape index (κ3) is 2.70. The van der Waals surface area contributed by atoms with Crippen LogP contribution in [0.4, 0.5) is 4.39 Å². The van der Waals surface area contributed by atoms with Gasteiger partial charge in [0.1, 0.15) is 5.82 Å². The number of benzene rings is 2. The Kier molecular flexibility index (Phi) is 3.86. The molecule has 3 rings (SSSR count). The van der Waals surface area contributed by atoms with Gasteiger partial charge in [-0.2, -0.15) is 0 Å². The standard InChI is InChI=1S/C17H13ClFNO2/c18-10-5-6-16-13(7-10)14(9-20-16)12(8-17(21)22)11-3-1-2-4-15(11)19/h1-7,9,12,20H,8H2,(H,21,22)/p-1/t12-/m0/s1. The second kappa shape index (κ2) is 5.81. The Labute approximate surface area is 131 Å². The van der Waals surface area contributed by atoms with Gasteiger partial charge in [0.2, 0.25) is 0 Å². The van der Waals surface area contributed by atoms with E-state index in [1.54, 1.807) is 42.6 Å². The molecule has 3 nitrogen and oxygen atoms in total. The predicted octanol–water partition coefficient (Wildman–Crippen LogP) is 3.23. The van der Waals surface area contributed by atoms with Crippen LogP contribution in [-0.4, -0.2) is 11.0 Å². The van der Waals surface area contributed by atoms with Crippen molar-refractivity contribution in [2.24, 2.45) is 0 Å². The van der Waals surface area contributed by atoms with Crippen LogP contribution in [0.15, 0.2) is 48.7 Å². The minimum Gasteiger partial charge on any atom is -0.550 e. The van der Waals surface area contributed by atoms with Crippen molar-refractivity contribution in [1.29, 1.82) is 0 Å². The normalized spacial score (nSPS) is 12.5. The van der Waals surface area contributed by atoms with Crippen molar-refractivity contribution in [3.63, 3.8) is 0 Å². The number of fused-ring (bicyclic) bond motifs is 1. The second-order valence-corrected chi connectivity index (χ2v) is 5.52. The molecule has 0 saturated carbocycles. The van der Waals surface area contributed by atoms with Crippen LogP contribution in [0.1, 0.15) is 23.5 Å². The zero-order chi connectivity index (χ0) is 15.7. The highest BCUT2D eigenvalue weighted by Gasteiger charge is 2.21. The number of halogens is 2. The first-order valence-electron chi connectivity index (χ1n) is 6.77. The number of carboxylic acid groups (broad SMARTS) is 1. The van der Waals surface area contributed by atoms with Crippen molar-refractivity contribution in [2.45, 2.75) is 12.3 Å². The minimum absolute atomic E-state index is 0.305. The summed E-state index contributed by atoms with van der Waals surface area (Å²) in [5, 5.41) is 12.4. The van der Waals surface area contributed by atoms with Crippen LogP contribution in [0.2, 0.25) is 5.02 Å². The molecule has 1 N–H and O–H groups in total. The number of aromatic amines is 1. The van der Waals surface area contributed by atoms with E-state index in [1.807, 2.05) is 0 Å². The van der Waals surface area contributed by atoms with Gasteiger partial charge in [0, 0.05) is 34.0 Å². The van der Waals surface area contributed by atoms with Crippen LogP contribution in [0, 0.1) is 5.82 Å². The van der Waals surface area contributed by atoms with E-state index in [2.05, 4.69) is 4.98 Å². The molecule has 0 bridgehead atoms. The first-order valence-corrected chi connectivity index (χ1v) is 7.15. The van der Waals surface area contributed by atoms with Gasteiger partial charge in [-0.15, -0.1) is 0 Å². The lowest BCUT2D eigenvalue weighted by atomic mass is 9.88. The largest absolute Gasteiger partial charge is 0.550 e. The molecule has 0 spiro atoms. The van der Waals surface area contributed by atoms with Gasteiger partial charge < -0.3 is 14.9 Å². The number of H-pyrrole nitrogens is 1. The molecule has 1 aromatic heterocycles. The summed E-state index contributed by atoms with van der Waals surface area (Å²) < 4.78 is 14.1. The Morgan fingerprint density at radius 3 is 2.73 bits per heavy atom. The van der Waals surface area contributed by atoms with E-state index in [0.29, 0.717) is 16.1 Å². The number of aromatic nitrogens is 1. The van der Waals surface area contributed by atoms with E-state index in [1.165, 1.54) is 6.07 Å². The lowest BCUT2D eigenvalue weighted by Crippen LogP contribution is -2.25. The summed E-state index contributed by atoms with van der Waals surface area (Å²) in [5.74, 6) is -2.31. The smallest absolute Gasteiger partial charge is 0.127 e. The number of hydrogen-bond acceptors (Lipinski definition) is 2. The van der Waals surface area contributed by atoms with E-state index >= 15 is 0 Å². The summed E-state index contributed by atoms with van der Waals surface area (Å²) in [6, 6.07) is 11.4. The zero-order valence-electron chi connectivity index (χ0n) is 11.5. The molecule has 0 amide bonds. The van der Waals surface area contributed by atoms with Crippen molar-refractivity contribution in [3.8, 4) is 0 Å². The maximum Gasteiger partial charge on any atom is 0.127 e. The SMILES string of the molecule is O=C([O-])C[C@@H](c1ccccc1F)c1c[nH]c2ccc(Cl)cc12. The Balaban J connectivity index is 2.18. The topological polar surface area (TPSA) is 55.9 Å². The monoisotopic (exact) mass is 316 g/mol. The van der Waals surface area contributed by atoms with Gasteiger partial charge in [-0.05, 0) is 41.8 Å². The van der Waals surface area contributed by atoms with Crippen LogP contribution in [0.25, 0.3) is 10.9 Å². The second-order valence-electron chi connectivity index (χ2n) is 5.08. The van der Waals surface area contributed by atoms with Crippen molar-refractivity contribution in [3.05, 3.63) is 70.6 Å². The summed E-state index contributed by atoms with van der Waals surface area (Å²) in [5.41, 5.74) is 1.83. The molecular weight excluding hydrogens is 305 g/mol. The fourth-order valence-electron chi connectivity index (χ4n) is 2.71.